The number of hydrogen-bond acceptors (Lipinski definition) is 4. The van der Waals surface area contributed by atoms with Crippen molar-refractivity contribution in [1.29, 1.82) is 0 Å². The fourth-order valence-electron chi connectivity index (χ4n) is 0.791. The molecule has 0 bridgehead atoms. The molecule has 0 radical (unpaired) electrons. The summed E-state index contributed by atoms with van der Waals surface area (Å²) in [5.41, 5.74) is -0.328. The average molecular weight is 232 g/mol. The molecule has 0 heterocycles. The Morgan fingerprint density at radius 3 is 1.75 bits per heavy atom. The van der Waals surface area contributed by atoms with Crippen LogP contribution in [0.15, 0.2) is 0 Å². The van der Waals surface area contributed by atoms with Gasteiger partial charge in [-0.15, -0.1) is 0 Å². The molecule has 0 unspecified atom stereocenters. The van der Waals surface area contributed by atoms with Crippen LogP contribution in [0.5, 0.6) is 0 Å². The average Bonchev–Trinajstić information content (AvgIpc) is 2.00. The first-order valence-electron chi connectivity index (χ1n) is 5.52. The Kier molecular flexibility index (Phi) is 9.96. The highest BCUT2D eigenvalue weighted by Crippen LogP contribution is 2.05. The van der Waals surface area contributed by atoms with Gasteiger partial charge in [-0.1, -0.05) is 13.3 Å². The molecule has 0 aliphatic heterocycles. The Morgan fingerprint density at radius 2 is 1.56 bits per heavy atom. The van der Waals surface area contributed by atoms with Crippen molar-refractivity contribution in [1.82, 2.24) is 0 Å². The Bertz CT molecular complexity index is 204. The van der Waals surface area contributed by atoms with Crippen LogP contribution in [0.2, 0.25) is 0 Å². The predicted molar refractivity (Wildman–Crippen MR) is 63.1 cm³/mol. The van der Waals surface area contributed by atoms with Gasteiger partial charge < -0.3 is 9.47 Å². The molecule has 0 atom stereocenters. The highest BCUT2D eigenvalue weighted by atomic mass is 16.6. The lowest BCUT2D eigenvalue weighted by Gasteiger charge is -2.17. The standard InChI is InChI=1S/2C6H12O2/c1-5(7)8-6(2,3)4;1-3-4-5-8-6(2)7/h1-4H3;3-5H2,1-2H3. The van der Waals surface area contributed by atoms with Crippen LogP contribution in [0, 0.1) is 0 Å². The molecule has 0 saturated carbocycles. The summed E-state index contributed by atoms with van der Waals surface area (Å²) < 4.78 is 9.44. The molecule has 0 saturated heterocycles. The van der Waals surface area contributed by atoms with E-state index in [2.05, 4.69) is 11.7 Å². The summed E-state index contributed by atoms with van der Waals surface area (Å²) in [4.78, 5) is 20.3. The maximum absolute atomic E-state index is 10.2. The fourth-order valence-corrected chi connectivity index (χ4v) is 0.791. The van der Waals surface area contributed by atoms with Crippen molar-refractivity contribution in [2.75, 3.05) is 6.61 Å². The van der Waals surface area contributed by atoms with Gasteiger partial charge in [-0.05, 0) is 27.2 Å². The Balaban J connectivity index is 0. The molecule has 0 spiro atoms. The molecule has 0 aliphatic rings. The predicted octanol–water partition coefficient (Wildman–Crippen LogP) is 2.70. The second kappa shape index (κ2) is 9.19. The van der Waals surface area contributed by atoms with Crippen LogP contribution in [0.3, 0.4) is 0 Å². The third kappa shape index (κ3) is 23.1. The monoisotopic (exact) mass is 232 g/mol. The smallest absolute Gasteiger partial charge is 0.303 e. The van der Waals surface area contributed by atoms with Gasteiger partial charge in [-0.3, -0.25) is 9.59 Å². The molecule has 96 valence electrons. The summed E-state index contributed by atoms with van der Waals surface area (Å²) in [6.45, 7) is 11.0. The maximum atomic E-state index is 10.2. The lowest BCUT2D eigenvalue weighted by molar-refractivity contribution is -0.152. The molecule has 0 amide bonds. The third-order valence-electron chi connectivity index (χ3n) is 1.25. The number of carbonyl (C=O) groups is 2. The van der Waals surface area contributed by atoms with E-state index < -0.39 is 0 Å². The molecule has 0 rings (SSSR count). The van der Waals surface area contributed by atoms with Gasteiger partial charge in [0, 0.05) is 13.8 Å². The van der Waals surface area contributed by atoms with E-state index in [9.17, 15) is 9.59 Å². The zero-order chi connectivity index (χ0) is 13.2. The first kappa shape index (κ1) is 17.3. The van der Waals surface area contributed by atoms with Crippen molar-refractivity contribution >= 4 is 11.9 Å². The number of rotatable bonds is 3. The van der Waals surface area contributed by atoms with Crippen molar-refractivity contribution < 1.29 is 19.1 Å². The van der Waals surface area contributed by atoms with E-state index in [0.717, 1.165) is 12.8 Å². The second-order valence-electron chi connectivity index (χ2n) is 4.40. The minimum atomic E-state index is -0.328. The number of unbranched alkanes of at least 4 members (excludes halogenated alkanes) is 1. The Labute approximate surface area is 98.3 Å². The summed E-state index contributed by atoms with van der Waals surface area (Å²) >= 11 is 0. The van der Waals surface area contributed by atoms with Crippen molar-refractivity contribution in [2.45, 2.75) is 60.0 Å². The number of ether oxygens (including phenoxy) is 2. The van der Waals surface area contributed by atoms with Crippen LogP contribution in [0.25, 0.3) is 0 Å². The van der Waals surface area contributed by atoms with E-state index in [1.54, 1.807) is 0 Å². The zero-order valence-electron chi connectivity index (χ0n) is 11.3. The van der Waals surface area contributed by atoms with Gasteiger partial charge in [-0.2, -0.15) is 0 Å². The van der Waals surface area contributed by atoms with Crippen LogP contribution >= 0.6 is 0 Å². The van der Waals surface area contributed by atoms with Crippen molar-refractivity contribution in [3.8, 4) is 0 Å². The molecule has 0 aliphatic carbocycles. The molecule has 4 heteroatoms. The number of esters is 2. The van der Waals surface area contributed by atoms with Crippen molar-refractivity contribution in [3.05, 3.63) is 0 Å². The van der Waals surface area contributed by atoms with Crippen LogP contribution in [0.4, 0.5) is 0 Å². The lowest BCUT2D eigenvalue weighted by Crippen LogP contribution is -2.21. The minimum Gasteiger partial charge on any atom is -0.466 e. The second-order valence-corrected chi connectivity index (χ2v) is 4.40. The molecule has 0 fully saturated rings. The van der Waals surface area contributed by atoms with Crippen molar-refractivity contribution in [2.24, 2.45) is 0 Å². The SMILES string of the molecule is CC(=O)OC(C)(C)C.CCCCOC(C)=O. The molecular formula is C12H24O4. The molecule has 0 aromatic carbocycles. The molecular weight excluding hydrogens is 208 g/mol. The summed E-state index contributed by atoms with van der Waals surface area (Å²) in [6, 6.07) is 0. The third-order valence-corrected chi connectivity index (χ3v) is 1.25. The Hall–Kier alpha value is -1.06. The van der Waals surface area contributed by atoms with Gasteiger partial charge in [0.2, 0.25) is 0 Å². The van der Waals surface area contributed by atoms with E-state index in [4.69, 9.17) is 4.74 Å². The molecule has 0 N–H and O–H groups in total. The van der Waals surface area contributed by atoms with E-state index in [1.807, 2.05) is 20.8 Å². The minimum absolute atomic E-state index is 0.182. The molecule has 16 heavy (non-hydrogen) atoms. The van der Waals surface area contributed by atoms with E-state index in [0.29, 0.717) is 6.61 Å². The van der Waals surface area contributed by atoms with Gasteiger partial charge >= 0.3 is 11.9 Å². The van der Waals surface area contributed by atoms with Crippen LogP contribution < -0.4 is 0 Å². The van der Waals surface area contributed by atoms with Crippen LogP contribution in [-0.2, 0) is 19.1 Å². The van der Waals surface area contributed by atoms with Gasteiger partial charge in [-0.25, -0.2) is 0 Å². The van der Waals surface area contributed by atoms with Gasteiger partial charge in [0.25, 0.3) is 0 Å². The summed E-state index contributed by atoms with van der Waals surface area (Å²) in [6.07, 6.45) is 2.05. The van der Waals surface area contributed by atoms with E-state index in [1.165, 1.54) is 13.8 Å². The highest BCUT2D eigenvalue weighted by Gasteiger charge is 2.11. The zero-order valence-corrected chi connectivity index (χ0v) is 11.3. The van der Waals surface area contributed by atoms with E-state index in [-0.39, 0.29) is 17.5 Å². The molecule has 0 aromatic rings. The Morgan fingerprint density at radius 1 is 1.06 bits per heavy atom. The molecule has 0 aromatic heterocycles. The lowest BCUT2D eigenvalue weighted by atomic mass is 10.2. The van der Waals surface area contributed by atoms with Gasteiger partial charge in [0.15, 0.2) is 0 Å². The summed E-state index contributed by atoms with van der Waals surface area (Å²) in [5, 5.41) is 0. The van der Waals surface area contributed by atoms with Gasteiger partial charge in [0.05, 0.1) is 6.61 Å². The number of hydrogen-bond donors (Lipinski definition) is 0. The van der Waals surface area contributed by atoms with Crippen molar-refractivity contribution in [3.63, 3.8) is 0 Å². The first-order valence-corrected chi connectivity index (χ1v) is 5.52. The molecule has 4 nitrogen and oxygen atoms in total. The largest absolute Gasteiger partial charge is 0.466 e. The highest BCUT2D eigenvalue weighted by molar-refractivity contribution is 5.66. The van der Waals surface area contributed by atoms with Gasteiger partial charge in [0.1, 0.15) is 5.60 Å². The first-order chi connectivity index (χ1) is 7.19. The van der Waals surface area contributed by atoms with E-state index >= 15 is 0 Å². The van der Waals surface area contributed by atoms with Crippen LogP contribution in [0.1, 0.15) is 54.4 Å². The quantitative estimate of drug-likeness (QED) is 0.554. The normalized spacial score (nSPS) is 9.88. The van der Waals surface area contributed by atoms with Crippen LogP contribution in [-0.4, -0.2) is 24.1 Å². The number of carbonyl (C=O) groups excluding carboxylic acids is 2. The topological polar surface area (TPSA) is 52.6 Å². The summed E-state index contributed by atoms with van der Waals surface area (Å²) in [5.74, 6) is -0.407. The summed E-state index contributed by atoms with van der Waals surface area (Å²) in [7, 11) is 0. The maximum Gasteiger partial charge on any atom is 0.303 e. The fraction of sp³-hybridized carbons (Fsp3) is 0.833.